The lowest BCUT2D eigenvalue weighted by atomic mass is 9.90. The van der Waals surface area contributed by atoms with Crippen LogP contribution in [0.3, 0.4) is 0 Å². The van der Waals surface area contributed by atoms with Crippen LogP contribution in [0.5, 0.6) is 0 Å². The average Bonchev–Trinajstić information content (AvgIpc) is 2.91. The first kappa shape index (κ1) is 18.2. The third-order valence-electron chi connectivity index (χ3n) is 4.19. The molecule has 0 aliphatic carbocycles. The smallest absolute Gasteiger partial charge is 0.410 e. The minimum absolute atomic E-state index is 0.170. The van der Waals surface area contributed by atoms with Crippen molar-refractivity contribution in [3.05, 3.63) is 0 Å². The zero-order valence-electron chi connectivity index (χ0n) is 14.6. The highest BCUT2D eigenvalue weighted by Gasteiger charge is 2.43. The Hall–Kier alpha value is -2.12. The number of nitrogens with one attached hydrogen (secondary N) is 2. The predicted octanol–water partition coefficient (Wildman–Crippen LogP) is 0.697. The van der Waals surface area contributed by atoms with Crippen molar-refractivity contribution >= 4 is 23.8 Å². The van der Waals surface area contributed by atoms with E-state index < -0.39 is 35.1 Å². The minimum Gasteiger partial charge on any atom is -0.444 e. The first-order valence-electron chi connectivity index (χ1n) is 8.18. The third kappa shape index (κ3) is 4.04. The zero-order chi connectivity index (χ0) is 18.1. The van der Waals surface area contributed by atoms with E-state index in [-0.39, 0.29) is 18.7 Å². The molecule has 0 unspecified atom stereocenters. The Bertz CT molecular complexity index is 569. The lowest BCUT2D eigenvalue weighted by molar-refractivity contribution is -0.142. The summed E-state index contributed by atoms with van der Waals surface area (Å²) < 4.78 is 5.34. The highest BCUT2D eigenvalue weighted by atomic mass is 16.6. The van der Waals surface area contributed by atoms with Crippen LogP contribution in [0.4, 0.5) is 4.79 Å². The number of carbonyl (C=O) groups is 4. The second kappa shape index (κ2) is 6.41. The number of nitrogens with zero attached hydrogens (tertiary/aromatic N) is 1. The van der Waals surface area contributed by atoms with Gasteiger partial charge in [-0.2, -0.15) is 0 Å². The van der Waals surface area contributed by atoms with Gasteiger partial charge < -0.3 is 10.1 Å². The molecule has 8 heteroatoms. The van der Waals surface area contributed by atoms with E-state index in [4.69, 9.17) is 4.74 Å². The number of amides is 4. The summed E-state index contributed by atoms with van der Waals surface area (Å²) in [7, 11) is 0. The van der Waals surface area contributed by atoms with Gasteiger partial charge in [-0.05, 0) is 47.0 Å². The van der Waals surface area contributed by atoms with Gasteiger partial charge in [0.15, 0.2) is 0 Å². The van der Waals surface area contributed by atoms with Crippen LogP contribution in [-0.2, 0) is 19.1 Å². The molecule has 2 heterocycles. The molecule has 0 aromatic rings. The van der Waals surface area contributed by atoms with Gasteiger partial charge in [0.05, 0.1) is 0 Å². The summed E-state index contributed by atoms with van der Waals surface area (Å²) >= 11 is 0. The van der Waals surface area contributed by atoms with Crippen LogP contribution in [0.25, 0.3) is 0 Å². The standard InChI is InChI=1S/C16H25N3O5/c1-15(2,3)24-14(23)19-9-5-6-10(19)12(21)18-16(4)8-7-11(20)17-13(16)22/h10H,5-9H2,1-4H3,(H,18,21)(H,17,20,22)/t10-,16+/m0/s1. The summed E-state index contributed by atoms with van der Waals surface area (Å²) in [4.78, 5) is 49.5. The highest BCUT2D eigenvalue weighted by molar-refractivity contribution is 6.04. The van der Waals surface area contributed by atoms with Crippen LogP contribution in [0, 0.1) is 0 Å². The lowest BCUT2D eigenvalue weighted by Gasteiger charge is -2.35. The average molecular weight is 339 g/mol. The highest BCUT2D eigenvalue weighted by Crippen LogP contribution is 2.23. The Kier molecular flexibility index (Phi) is 4.87. The van der Waals surface area contributed by atoms with Gasteiger partial charge in [-0.3, -0.25) is 24.6 Å². The van der Waals surface area contributed by atoms with E-state index >= 15 is 0 Å². The molecule has 0 saturated carbocycles. The van der Waals surface area contributed by atoms with Crippen LogP contribution >= 0.6 is 0 Å². The van der Waals surface area contributed by atoms with E-state index in [1.54, 1.807) is 27.7 Å². The molecule has 2 aliphatic heterocycles. The van der Waals surface area contributed by atoms with Gasteiger partial charge in [0, 0.05) is 13.0 Å². The van der Waals surface area contributed by atoms with Crippen molar-refractivity contribution in [1.29, 1.82) is 0 Å². The van der Waals surface area contributed by atoms with Gasteiger partial charge in [-0.15, -0.1) is 0 Å². The molecule has 0 radical (unpaired) electrons. The fourth-order valence-corrected chi connectivity index (χ4v) is 2.86. The molecule has 2 rings (SSSR count). The number of likely N-dealkylation sites (tertiary alicyclic amines) is 1. The van der Waals surface area contributed by atoms with Crippen molar-refractivity contribution in [1.82, 2.24) is 15.5 Å². The number of carbonyl (C=O) groups excluding carboxylic acids is 4. The van der Waals surface area contributed by atoms with E-state index in [1.165, 1.54) is 4.90 Å². The second-order valence-corrected chi connectivity index (χ2v) is 7.53. The van der Waals surface area contributed by atoms with Gasteiger partial charge in [0.1, 0.15) is 17.2 Å². The van der Waals surface area contributed by atoms with Crippen molar-refractivity contribution in [3.8, 4) is 0 Å². The molecule has 2 fully saturated rings. The summed E-state index contributed by atoms with van der Waals surface area (Å²) in [6, 6.07) is -0.665. The summed E-state index contributed by atoms with van der Waals surface area (Å²) in [6.45, 7) is 7.31. The SMILES string of the molecule is CC(C)(C)OC(=O)N1CCC[C@H]1C(=O)N[C@]1(C)CCC(=O)NC1=O. The lowest BCUT2D eigenvalue weighted by Crippen LogP contribution is -2.63. The van der Waals surface area contributed by atoms with Crippen molar-refractivity contribution in [2.24, 2.45) is 0 Å². The van der Waals surface area contributed by atoms with E-state index in [9.17, 15) is 19.2 Å². The molecule has 24 heavy (non-hydrogen) atoms. The molecule has 8 nitrogen and oxygen atoms in total. The van der Waals surface area contributed by atoms with E-state index in [0.717, 1.165) is 0 Å². The fourth-order valence-electron chi connectivity index (χ4n) is 2.86. The molecule has 2 saturated heterocycles. The maximum absolute atomic E-state index is 12.6. The molecule has 2 aliphatic rings. The Morgan fingerprint density at radius 2 is 2.00 bits per heavy atom. The van der Waals surface area contributed by atoms with Crippen molar-refractivity contribution in [3.63, 3.8) is 0 Å². The monoisotopic (exact) mass is 339 g/mol. The van der Waals surface area contributed by atoms with Crippen LogP contribution in [0.15, 0.2) is 0 Å². The third-order valence-corrected chi connectivity index (χ3v) is 4.19. The quantitative estimate of drug-likeness (QED) is 0.721. The topological polar surface area (TPSA) is 105 Å². The number of ether oxygens (including phenoxy) is 1. The summed E-state index contributed by atoms with van der Waals surface area (Å²) in [5, 5.41) is 4.94. The molecular formula is C16H25N3O5. The van der Waals surface area contributed by atoms with Crippen molar-refractivity contribution < 1.29 is 23.9 Å². The Morgan fingerprint density at radius 3 is 2.58 bits per heavy atom. The van der Waals surface area contributed by atoms with E-state index in [2.05, 4.69) is 10.6 Å². The number of hydrogen-bond donors (Lipinski definition) is 2. The molecule has 2 N–H and O–H groups in total. The largest absolute Gasteiger partial charge is 0.444 e. The van der Waals surface area contributed by atoms with Gasteiger partial charge in [0.25, 0.3) is 5.91 Å². The predicted molar refractivity (Wildman–Crippen MR) is 84.9 cm³/mol. The molecule has 0 bridgehead atoms. The number of hydrogen-bond acceptors (Lipinski definition) is 5. The fraction of sp³-hybridized carbons (Fsp3) is 0.750. The van der Waals surface area contributed by atoms with Crippen LogP contribution in [-0.4, -0.2) is 52.4 Å². The van der Waals surface area contributed by atoms with Gasteiger partial charge in [-0.1, -0.05) is 0 Å². The number of rotatable bonds is 2. The number of imide groups is 1. The minimum atomic E-state index is -1.15. The first-order valence-corrected chi connectivity index (χ1v) is 8.18. The van der Waals surface area contributed by atoms with Crippen molar-refractivity contribution in [2.75, 3.05) is 6.54 Å². The molecule has 4 amide bonds. The Balaban J connectivity index is 2.04. The molecule has 134 valence electrons. The maximum atomic E-state index is 12.6. The Morgan fingerprint density at radius 1 is 1.33 bits per heavy atom. The second-order valence-electron chi connectivity index (χ2n) is 7.53. The van der Waals surface area contributed by atoms with Gasteiger partial charge in [0.2, 0.25) is 11.8 Å². The molecule has 0 spiro atoms. The maximum Gasteiger partial charge on any atom is 0.410 e. The first-order chi connectivity index (χ1) is 11.0. The number of piperidine rings is 1. The molecule has 0 aromatic heterocycles. The molecule has 2 atom stereocenters. The Labute approximate surface area is 141 Å². The zero-order valence-corrected chi connectivity index (χ0v) is 14.6. The van der Waals surface area contributed by atoms with Crippen LogP contribution < -0.4 is 10.6 Å². The van der Waals surface area contributed by atoms with Gasteiger partial charge in [-0.25, -0.2) is 4.79 Å². The summed E-state index contributed by atoms with van der Waals surface area (Å²) in [5.74, 6) is -1.26. The molecule has 0 aromatic carbocycles. The normalized spacial score (nSPS) is 27.7. The van der Waals surface area contributed by atoms with E-state index in [0.29, 0.717) is 19.4 Å². The van der Waals surface area contributed by atoms with Crippen LogP contribution in [0.1, 0.15) is 53.4 Å². The van der Waals surface area contributed by atoms with Crippen molar-refractivity contribution in [2.45, 2.75) is 70.6 Å². The summed E-state index contributed by atoms with van der Waals surface area (Å²) in [6.07, 6.45) is 1.08. The molecular weight excluding hydrogens is 314 g/mol. The van der Waals surface area contributed by atoms with Gasteiger partial charge >= 0.3 is 6.09 Å². The summed E-state index contributed by atoms with van der Waals surface area (Å²) in [5.41, 5.74) is -1.79. The van der Waals surface area contributed by atoms with E-state index in [1.807, 2.05) is 0 Å². The van der Waals surface area contributed by atoms with Crippen LogP contribution in [0.2, 0.25) is 0 Å².